The van der Waals surface area contributed by atoms with Crippen molar-refractivity contribution in [2.75, 3.05) is 6.54 Å². The largest absolute Gasteiger partial charge is 0.488 e. The SMILES string of the molecule is CC(C)CNCc1cc(Br)ccc1OCc1ccc(Cl)s1. The van der Waals surface area contributed by atoms with E-state index in [9.17, 15) is 0 Å². The average molecular weight is 389 g/mol. The second-order valence-electron chi connectivity index (χ2n) is 5.27. The Hall–Kier alpha value is -0.550. The number of halogens is 2. The monoisotopic (exact) mass is 387 g/mol. The van der Waals surface area contributed by atoms with E-state index in [1.165, 1.54) is 0 Å². The number of nitrogens with one attached hydrogen (secondary N) is 1. The molecule has 0 radical (unpaired) electrons. The Morgan fingerprint density at radius 2 is 2.10 bits per heavy atom. The van der Waals surface area contributed by atoms with E-state index >= 15 is 0 Å². The van der Waals surface area contributed by atoms with E-state index in [1.54, 1.807) is 11.3 Å². The van der Waals surface area contributed by atoms with E-state index in [0.717, 1.165) is 38.1 Å². The zero-order valence-corrected chi connectivity index (χ0v) is 15.3. The topological polar surface area (TPSA) is 21.3 Å². The molecular weight excluding hydrogens is 370 g/mol. The van der Waals surface area contributed by atoms with Crippen LogP contribution >= 0.6 is 38.9 Å². The predicted molar refractivity (Wildman–Crippen MR) is 94.3 cm³/mol. The minimum atomic E-state index is 0.552. The second-order valence-corrected chi connectivity index (χ2v) is 7.99. The molecule has 0 unspecified atom stereocenters. The Labute approximate surface area is 143 Å². The van der Waals surface area contributed by atoms with Crippen LogP contribution in [0.5, 0.6) is 5.75 Å². The Morgan fingerprint density at radius 3 is 2.76 bits per heavy atom. The molecule has 5 heteroatoms. The van der Waals surface area contributed by atoms with Crippen LogP contribution in [0.2, 0.25) is 4.34 Å². The van der Waals surface area contributed by atoms with Crippen LogP contribution in [0.15, 0.2) is 34.8 Å². The van der Waals surface area contributed by atoms with Gasteiger partial charge in [0, 0.05) is 21.5 Å². The molecule has 114 valence electrons. The number of hydrogen-bond acceptors (Lipinski definition) is 3. The zero-order valence-electron chi connectivity index (χ0n) is 12.2. The third-order valence-corrected chi connectivity index (χ3v) is 4.59. The molecule has 0 atom stereocenters. The summed E-state index contributed by atoms with van der Waals surface area (Å²) in [5.74, 6) is 1.55. The molecule has 0 bridgehead atoms. The van der Waals surface area contributed by atoms with Crippen LogP contribution in [-0.2, 0) is 13.2 Å². The van der Waals surface area contributed by atoms with Gasteiger partial charge in [0.05, 0.1) is 4.34 Å². The number of hydrogen-bond donors (Lipinski definition) is 1. The summed E-state index contributed by atoms with van der Waals surface area (Å²) in [6.07, 6.45) is 0. The normalized spacial score (nSPS) is 11.1. The molecule has 2 aromatic rings. The number of thiophene rings is 1. The first-order chi connectivity index (χ1) is 10.0. The molecule has 2 nitrogen and oxygen atoms in total. The maximum Gasteiger partial charge on any atom is 0.124 e. The highest BCUT2D eigenvalue weighted by molar-refractivity contribution is 9.10. The van der Waals surface area contributed by atoms with Gasteiger partial charge in [-0.3, -0.25) is 0 Å². The summed E-state index contributed by atoms with van der Waals surface area (Å²) >= 11 is 11.0. The summed E-state index contributed by atoms with van der Waals surface area (Å²) in [5.41, 5.74) is 1.16. The molecule has 0 saturated heterocycles. The first-order valence-corrected chi connectivity index (χ1v) is 8.89. The second kappa shape index (κ2) is 8.18. The molecule has 1 aromatic heterocycles. The molecule has 0 amide bonds. The van der Waals surface area contributed by atoms with Gasteiger partial charge in [0.2, 0.25) is 0 Å². The molecular formula is C16H19BrClNOS. The molecule has 0 aliphatic heterocycles. The lowest BCUT2D eigenvalue weighted by molar-refractivity contribution is 0.305. The van der Waals surface area contributed by atoms with E-state index in [0.29, 0.717) is 12.5 Å². The van der Waals surface area contributed by atoms with Gasteiger partial charge in [0.1, 0.15) is 12.4 Å². The first-order valence-electron chi connectivity index (χ1n) is 6.90. The summed E-state index contributed by atoms with van der Waals surface area (Å²) in [4.78, 5) is 1.13. The maximum absolute atomic E-state index is 5.94. The van der Waals surface area contributed by atoms with Crippen LogP contribution in [0, 0.1) is 5.92 Å². The van der Waals surface area contributed by atoms with Crippen LogP contribution in [0.1, 0.15) is 24.3 Å². The van der Waals surface area contributed by atoms with Crippen molar-refractivity contribution >= 4 is 38.9 Å². The molecule has 0 aliphatic rings. The van der Waals surface area contributed by atoms with E-state index in [1.807, 2.05) is 24.3 Å². The van der Waals surface area contributed by atoms with E-state index < -0.39 is 0 Å². The van der Waals surface area contributed by atoms with Gasteiger partial charge in [-0.25, -0.2) is 0 Å². The highest BCUT2D eigenvalue weighted by Crippen LogP contribution is 2.26. The third kappa shape index (κ3) is 5.62. The van der Waals surface area contributed by atoms with Crippen molar-refractivity contribution in [2.24, 2.45) is 5.92 Å². The molecule has 0 aliphatic carbocycles. The Kier molecular flexibility index (Phi) is 6.55. The minimum absolute atomic E-state index is 0.552. The number of benzene rings is 1. The van der Waals surface area contributed by atoms with E-state index in [4.69, 9.17) is 16.3 Å². The predicted octanol–water partition coefficient (Wildman–Crippen LogP) is 5.49. The fourth-order valence-corrected chi connectivity index (χ4v) is 3.31. The average Bonchev–Trinajstić information content (AvgIpc) is 2.83. The van der Waals surface area contributed by atoms with Crippen LogP contribution in [-0.4, -0.2) is 6.54 Å². The van der Waals surface area contributed by atoms with Gasteiger partial charge >= 0.3 is 0 Å². The Morgan fingerprint density at radius 1 is 1.29 bits per heavy atom. The summed E-state index contributed by atoms with van der Waals surface area (Å²) in [7, 11) is 0. The summed E-state index contributed by atoms with van der Waals surface area (Å²) in [6, 6.07) is 10.0. The van der Waals surface area contributed by atoms with Gasteiger partial charge in [0.25, 0.3) is 0 Å². The lowest BCUT2D eigenvalue weighted by Crippen LogP contribution is -2.19. The fraction of sp³-hybridized carbons (Fsp3) is 0.375. The summed E-state index contributed by atoms with van der Waals surface area (Å²) in [5, 5.41) is 3.45. The summed E-state index contributed by atoms with van der Waals surface area (Å²) in [6.45, 7) is 6.75. The Bertz CT molecular complexity index is 585. The number of ether oxygens (including phenoxy) is 1. The van der Waals surface area contributed by atoms with Gasteiger partial charge in [-0.1, -0.05) is 41.4 Å². The quantitative estimate of drug-likeness (QED) is 0.677. The zero-order chi connectivity index (χ0) is 15.2. The summed E-state index contributed by atoms with van der Waals surface area (Å²) < 4.78 is 7.80. The van der Waals surface area contributed by atoms with Gasteiger partial charge in [-0.15, -0.1) is 11.3 Å². The van der Waals surface area contributed by atoms with Crippen molar-refractivity contribution < 1.29 is 4.74 Å². The van der Waals surface area contributed by atoms with Gasteiger partial charge in [-0.2, -0.15) is 0 Å². The van der Waals surface area contributed by atoms with Crippen molar-refractivity contribution in [1.29, 1.82) is 0 Å². The van der Waals surface area contributed by atoms with Crippen molar-refractivity contribution in [2.45, 2.75) is 27.0 Å². The first kappa shape index (κ1) is 16.8. The van der Waals surface area contributed by atoms with Gasteiger partial charge in [0.15, 0.2) is 0 Å². The molecule has 0 saturated carbocycles. The minimum Gasteiger partial charge on any atom is -0.488 e. The lowest BCUT2D eigenvalue weighted by Gasteiger charge is -2.13. The molecule has 21 heavy (non-hydrogen) atoms. The molecule has 1 heterocycles. The van der Waals surface area contributed by atoms with E-state index in [2.05, 4.69) is 41.2 Å². The molecule has 0 spiro atoms. The van der Waals surface area contributed by atoms with E-state index in [-0.39, 0.29) is 0 Å². The van der Waals surface area contributed by atoms with Crippen LogP contribution < -0.4 is 10.1 Å². The van der Waals surface area contributed by atoms with Crippen molar-refractivity contribution in [1.82, 2.24) is 5.32 Å². The van der Waals surface area contributed by atoms with Gasteiger partial charge in [-0.05, 0) is 42.8 Å². The van der Waals surface area contributed by atoms with Gasteiger partial charge < -0.3 is 10.1 Å². The Balaban J connectivity index is 2.00. The van der Waals surface area contributed by atoms with Crippen molar-refractivity contribution in [3.8, 4) is 5.75 Å². The molecule has 0 fully saturated rings. The molecule has 1 N–H and O–H groups in total. The van der Waals surface area contributed by atoms with Crippen LogP contribution in [0.4, 0.5) is 0 Å². The smallest absolute Gasteiger partial charge is 0.124 e. The maximum atomic E-state index is 5.94. The highest BCUT2D eigenvalue weighted by Gasteiger charge is 2.07. The van der Waals surface area contributed by atoms with Crippen LogP contribution in [0.25, 0.3) is 0 Å². The highest BCUT2D eigenvalue weighted by atomic mass is 79.9. The van der Waals surface area contributed by atoms with Crippen LogP contribution in [0.3, 0.4) is 0 Å². The fourth-order valence-electron chi connectivity index (χ4n) is 1.90. The number of rotatable bonds is 7. The standard InChI is InChI=1S/C16H19BrClNOS/c1-11(2)8-19-9-12-7-13(17)3-5-15(12)20-10-14-4-6-16(18)21-14/h3-7,11,19H,8-10H2,1-2H3. The molecule has 2 rings (SSSR count). The van der Waals surface area contributed by atoms with Crippen molar-refractivity contribution in [3.63, 3.8) is 0 Å². The lowest BCUT2D eigenvalue weighted by atomic mass is 10.2. The van der Waals surface area contributed by atoms with Crippen molar-refractivity contribution in [3.05, 3.63) is 49.6 Å². The molecule has 1 aromatic carbocycles. The third-order valence-electron chi connectivity index (χ3n) is 2.89.